The highest BCUT2D eigenvalue weighted by Crippen LogP contribution is 2.32. The molecular weight excluding hydrogens is 432 g/mol. The summed E-state index contributed by atoms with van der Waals surface area (Å²) in [5, 5.41) is 20.0. The minimum Gasteiger partial charge on any atom is -0.491 e. The highest BCUT2D eigenvalue weighted by Gasteiger charge is 2.29. The Kier molecular flexibility index (Phi) is 10.5. The summed E-state index contributed by atoms with van der Waals surface area (Å²) in [6.45, 7) is 1.65. The van der Waals surface area contributed by atoms with Crippen molar-refractivity contribution < 1.29 is 38.9 Å². The molecule has 0 saturated carbocycles. The van der Waals surface area contributed by atoms with Gasteiger partial charge in [-0.2, -0.15) is 0 Å². The van der Waals surface area contributed by atoms with Crippen molar-refractivity contribution in [2.45, 2.75) is 19.1 Å². The first kappa shape index (κ1) is 25.5. The van der Waals surface area contributed by atoms with Gasteiger partial charge in [0.2, 0.25) is 0 Å². The van der Waals surface area contributed by atoms with E-state index < -0.39 is 30.1 Å². The van der Waals surface area contributed by atoms with Gasteiger partial charge < -0.3 is 19.3 Å². The zero-order valence-electron chi connectivity index (χ0n) is 18.0. The molecule has 33 heavy (non-hydrogen) atoms. The molecule has 0 aliphatic heterocycles. The number of hydroxylamine groups is 1. The zero-order chi connectivity index (χ0) is 24.1. The van der Waals surface area contributed by atoms with Gasteiger partial charge in [0.1, 0.15) is 18.5 Å². The summed E-state index contributed by atoms with van der Waals surface area (Å²) in [6, 6.07) is 14.7. The molecule has 0 radical (unpaired) electrons. The molecule has 0 aliphatic rings. The third-order valence-electron chi connectivity index (χ3n) is 4.26. The Balaban J connectivity index is 2.35. The maximum atomic E-state index is 12.6. The number of para-hydroxylation sites is 1. The predicted octanol–water partition coefficient (Wildman–Crippen LogP) is 2.13. The van der Waals surface area contributed by atoms with Gasteiger partial charge in [-0.3, -0.25) is 20.1 Å². The average Bonchev–Trinajstić information content (AvgIpc) is 2.84. The summed E-state index contributed by atoms with van der Waals surface area (Å²) in [4.78, 5) is 36.4. The third-order valence-corrected chi connectivity index (χ3v) is 4.26. The van der Waals surface area contributed by atoms with Crippen LogP contribution in [0.15, 0.2) is 66.7 Å². The Morgan fingerprint density at radius 3 is 2.42 bits per heavy atom. The van der Waals surface area contributed by atoms with Crippen LogP contribution >= 0.6 is 0 Å². The minimum absolute atomic E-state index is 0.00944. The second kappa shape index (κ2) is 13.6. The van der Waals surface area contributed by atoms with Crippen molar-refractivity contribution in [3.05, 3.63) is 77.9 Å². The molecule has 0 unspecified atom stereocenters. The summed E-state index contributed by atoms with van der Waals surface area (Å²) < 4.78 is 16.8. The lowest BCUT2D eigenvalue weighted by atomic mass is 10.0. The second-order valence-electron chi connectivity index (χ2n) is 6.51. The van der Waals surface area contributed by atoms with Gasteiger partial charge >= 0.3 is 6.09 Å². The van der Waals surface area contributed by atoms with E-state index in [2.05, 4.69) is 5.32 Å². The van der Waals surface area contributed by atoms with E-state index in [4.69, 9.17) is 24.5 Å². The topological polar surface area (TPSA) is 143 Å². The number of alkyl carbamates (subject to hydrolysis) is 1. The molecule has 2 aromatic rings. The Morgan fingerprint density at radius 1 is 1.06 bits per heavy atom. The van der Waals surface area contributed by atoms with Crippen LogP contribution in [0, 0.1) is 0 Å². The summed E-state index contributed by atoms with van der Waals surface area (Å²) in [5.74, 6) is -1.16. The summed E-state index contributed by atoms with van der Waals surface area (Å²) >= 11 is 0. The van der Waals surface area contributed by atoms with E-state index >= 15 is 0 Å². The van der Waals surface area contributed by atoms with Crippen LogP contribution in [0.2, 0.25) is 0 Å². The lowest BCUT2D eigenvalue weighted by Gasteiger charge is -2.26. The number of nitrogens with one attached hydrogen (secondary N) is 2. The molecule has 2 atom stereocenters. The van der Waals surface area contributed by atoms with Crippen molar-refractivity contribution in [2.24, 2.45) is 0 Å². The van der Waals surface area contributed by atoms with Gasteiger partial charge in [-0.25, -0.2) is 10.3 Å². The molecule has 0 spiro atoms. The normalized spacial score (nSPS) is 12.6. The van der Waals surface area contributed by atoms with Crippen LogP contribution in [-0.4, -0.2) is 54.1 Å². The van der Waals surface area contributed by atoms with E-state index in [0.29, 0.717) is 11.3 Å². The molecule has 2 aromatic carbocycles. The fourth-order valence-electron chi connectivity index (χ4n) is 2.87. The standard InChI is InChI=1S/C23H26N2O8/c1-2-31-19(12-13-20(27)25-30)21(17-10-6-7-11-18(17)32-15-14-26)33-23(29)24-22(28)16-8-4-3-5-9-16/h3-13,19,21,26,30H,2,14-15H2,1H3,(H,25,27)(H,24,28,29)/b13-12+/t19-,21-/m1/s1. The number of carbonyl (C=O) groups is 3. The molecular formula is C23H26N2O8. The second-order valence-corrected chi connectivity index (χ2v) is 6.51. The molecule has 10 nitrogen and oxygen atoms in total. The number of aliphatic hydroxyl groups is 1. The van der Waals surface area contributed by atoms with Crippen LogP contribution in [0.5, 0.6) is 5.75 Å². The van der Waals surface area contributed by atoms with Gasteiger partial charge in [-0.05, 0) is 31.2 Å². The molecule has 2 rings (SSSR count). The van der Waals surface area contributed by atoms with Gasteiger partial charge in [0.15, 0.2) is 6.10 Å². The Bertz CT molecular complexity index is 948. The Labute approximate surface area is 190 Å². The van der Waals surface area contributed by atoms with Crippen molar-refractivity contribution in [2.75, 3.05) is 19.8 Å². The number of aliphatic hydroxyl groups excluding tert-OH is 1. The number of hydrogen-bond acceptors (Lipinski definition) is 8. The molecule has 0 aliphatic carbocycles. The molecule has 0 fully saturated rings. The van der Waals surface area contributed by atoms with Crippen molar-refractivity contribution in [1.82, 2.24) is 10.8 Å². The monoisotopic (exact) mass is 458 g/mol. The van der Waals surface area contributed by atoms with E-state index in [1.807, 2.05) is 0 Å². The maximum absolute atomic E-state index is 12.6. The van der Waals surface area contributed by atoms with Gasteiger partial charge in [0.25, 0.3) is 11.8 Å². The Hall–Kier alpha value is -3.73. The molecule has 4 N–H and O–H groups in total. The fourth-order valence-corrected chi connectivity index (χ4v) is 2.87. The highest BCUT2D eigenvalue weighted by molar-refractivity contribution is 6.02. The molecule has 0 saturated heterocycles. The number of hydrogen-bond donors (Lipinski definition) is 4. The number of benzene rings is 2. The quantitative estimate of drug-likeness (QED) is 0.228. The van der Waals surface area contributed by atoms with Crippen LogP contribution in [0.1, 0.15) is 28.9 Å². The van der Waals surface area contributed by atoms with Gasteiger partial charge in [0.05, 0.1) is 6.61 Å². The maximum Gasteiger partial charge on any atom is 0.414 e. The van der Waals surface area contributed by atoms with Crippen molar-refractivity contribution in [1.29, 1.82) is 0 Å². The molecule has 3 amide bonds. The largest absolute Gasteiger partial charge is 0.491 e. The molecule has 10 heteroatoms. The molecule has 176 valence electrons. The van der Waals surface area contributed by atoms with E-state index in [-0.39, 0.29) is 25.4 Å². The number of amides is 3. The number of carbonyl (C=O) groups excluding carboxylic acids is 3. The first-order valence-electron chi connectivity index (χ1n) is 10.1. The Morgan fingerprint density at radius 2 is 1.76 bits per heavy atom. The summed E-state index contributed by atoms with van der Waals surface area (Å²) in [7, 11) is 0. The van der Waals surface area contributed by atoms with Crippen LogP contribution in [-0.2, 0) is 14.3 Å². The number of rotatable bonds is 11. The SMILES string of the molecule is CCO[C@H](/C=C/C(=O)NO)[C@H](OC(=O)NC(=O)c1ccccc1)c1ccccc1OCCO. The zero-order valence-corrected chi connectivity index (χ0v) is 18.0. The van der Waals surface area contributed by atoms with Crippen molar-refractivity contribution in [3.63, 3.8) is 0 Å². The van der Waals surface area contributed by atoms with Crippen molar-refractivity contribution >= 4 is 17.9 Å². The van der Waals surface area contributed by atoms with Crippen LogP contribution in [0.3, 0.4) is 0 Å². The number of ether oxygens (including phenoxy) is 3. The van der Waals surface area contributed by atoms with E-state index in [0.717, 1.165) is 6.08 Å². The van der Waals surface area contributed by atoms with Gasteiger partial charge in [-0.15, -0.1) is 0 Å². The van der Waals surface area contributed by atoms with E-state index in [1.165, 1.54) is 23.7 Å². The first-order valence-corrected chi connectivity index (χ1v) is 10.1. The van der Waals surface area contributed by atoms with Crippen LogP contribution < -0.4 is 15.5 Å². The summed E-state index contributed by atoms with van der Waals surface area (Å²) in [5.41, 5.74) is 2.11. The third kappa shape index (κ3) is 8.04. The first-order chi connectivity index (χ1) is 16.0. The van der Waals surface area contributed by atoms with Gasteiger partial charge in [-0.1, -0.05) is 36.4 Å². The number of imide groups is 1. The smallest absolute Gasteiger partial charge is 0.414 e. The molecule has 0 bridgehead atoms. The minimum atomic E-state index is -1.15. The van der Waals surface area contributed by atoms with Crippen LogP contribution in [0.25, 0.3) is 0 Å². The lowest BCUT2D eigenvalue weighted by Crippen LogP contribution is -2.35. The average molecular weight is 458 g/mol. The molecule has 0 aromatic heterocycles. The highest BCUT2D eigenvalue weighted by atomic mass is 16.6. The van der Waals surface area contributed by atoms with Crippen molar-refractivity contribution in [3.8, 4) is 5.75 Å². The van der Waals surface area contributed by atoms with Gasteiger partial charge in [0, 0.05) is 23.8 Å². The van der Waals surface area contributed by atoms with Crippen LogP contribution in [0.4, 0.5) is 4.79 Å². The van der Waals surface area contributed by atoms with E-state index in [1.54, 1.807) is 49.4 Å². The molecule has 0 heterocycles. The fraction of sp³-hybridized carbons (Fsp3) is 0.261. The summed E-state index contributed by atoms with van der Waals surface area (Å²) in [6.07, 6.45) is -0.860. The van der Waals surface area contributed by atoms with E-state index in [9.17, 15) is 14.4 Å². The predicted molar refractivity (Wildman–Crippen MR) is 117 cm³/mol. The lowest BCUT2D eigenvalue weighted by molar-refractivity contribution is -0.124.